The van der Waals surface area contributed by atoms with E-state index in [0.717, 1.165) is 0 Å². The predicted octanol–water partition coefficient (Wildman–Crippen LogP) is 1.76. The number of nitrogens with two attached hydrogens (primary N) is 1. The molecule has 1 rings (SSSR count). The van der Waals surface area contributed by atoms with Gasteiger partial charge >= 0.3 is 12.1 Å². The highest BCUT2D eigenvalue weighted by atomic mass is 35.5. The summed E-state index contributed by atoms with van der Waals surface area (Å²) in [6.07, 6.45) is -0.0382. The quantitative estimate of drug-likeness (QED) is 0.712. The first kappa shape index (κ1) is 16.3. The van der Waals surface area contributed by atoms with Crippen LogP contribution in [0.25, 0.3) is 0 Å². The second kappa shape index (κ2) is 8.39. The summed E-state index contributed by atoms with van der Waals surface area (Å²) in [7, 11) is 0. The third-order valence-corrected chi connectivity index (χ3v) is 2.97. The molecule has 1 aromatic carbocycles. The molecule has 20 heavy (non-hydrogen) atoms. The van der Waals surface area contributed by atoms with Crippen LogP contribution >= 0.6 is 11.6 Å². The lowest BCUT2D eigenvalue weighted by Crippen LogP contribution is -2.41. The van der Waals surface area contributed by atoms with Crippen LogP contribution in [-0.4, -0.2) is 29.8 Å². The predicted molar refractivity (Wildman–Crippen MR) is 74.5 cm³/mol. The Morgan fingerprint density at radius 1 is 1.40 bits per heavy atom. The molecule has 1 amide bonds. The fraction of sp³-hybridized carbons (Fsp3) is 0.385. The van der Waals surface area contributed by atoms with Gasteiger partial charge in [-0.2, -0.15) is 0 Å². The third kappa shape index (κ3) is 5.46. The Morgan fingerprint density at radius 2 is 2.10 bits per heavy atom. The number of aliphatic carboxylic acids is 1. The Bertz CT molecular complexity index is 467. The number of amides is 1. The fourth-order valence-corrected chi connectivity index (χ4v) is 1.71. The molecule has 110 valence electrons. The van der Waals surface area contributed by atoms with Gasteiger partial charge in [-0.05, 0) is 25.5 Å². The van der Waals surface area contributed by atoms with Gasteiger partial charge in [0.25, 0.3) is 0 Å². The number of alkyl carbamates (subject to hydrolysis) is 1. The highest BCUT2D eigenvalue weighted by molar-refractivity contribution is 6.31. The molecule has 0 heterocycles. The molecule has 0 spiro atoms. The summed E-state index contributed by atoms with van der Waals surface area (Å²) in [4.78, 5) is 22.5. The van der Waals surface area contributed by atoms with Gasteiger partial charge in [-0.1, -0.05) is 29.8 Å². The van der Waals surface area contributed by atoms with E-state index in [9.17, 15) is 9.59 Å². The van der Waals surface area contributed by atoms with Crippen molar-refractivity contribution < 1.29 is 19.4 Å². The van der Waals surface area contributed by atoms with Crippen molar-refractivity contribution in [3.63, 3.8) is 0 Å². The average Bonchev–Trinajstić information content (AvgIpc) is 2.42. The number of carboxylic acids is 1. The van der Waals surface area contributed by atoms with Crippen LogP contribution in [0.3, 0.4) is 0 Å². The van der Waals surface area contributed by atoms with E-state index in [1.165, 1.54) is 0 Å². The lowest BCUT2D eigenvalue weighted by Gasteiger charge is -2.14. The number of benzene rings is 1. The minimum Gasteiger partial charge on any atom is -0.480 e. The second-order valence-electron chi connectivity index (χ2n) is 4.13. The maximum absolute atomic E-state index is 11.5. The summed E-state index contributed by atoms with van der Waals surface area (Å²) in [5.74, 6) is -1.12. The highest BCUT2D eigenvalue weighted by Crippen LogP contribution is 2.15. The summed E-state index contributed by atoms with van der Waals surface area (Å²) < 4.78 is 4.94. The van der Waals surface area contributed by atoms with E-state index in [0.29, 0.717) is 23.6 Å². The normalized spacial score (nSPS) is 11.7. The highest BCUT2D eigenvalue weighted by Gasteiger charge is 2.20. The fourth-order valence-electron chi connectivity index (χ4n) is 1.52. The zero-order valence-electron chi connectivity index (χ0n) is 10.8. The van der Waals surface area contributed by atoms with Gasteiger partial charge in [-0.25, -0.2) is 9.59 Å². The Kier molecular flexibility index (Phi) is 6.83. The molecule has 0 aromatic heterocycles. The largest absolute Gasteiger partial charge is 0.480 e. The molecule has 0 aliphatic carbocycles. The van der Waals surface area contributed by atoms with Crippen LogP contribution < -0.4 is 11.1 Å². The number of ether oxygens (including phenoxy) is 1. The molecule has 0 fully saturated rings. The number of carbonyl (C=O) groups excluding carboxylic acids is 1. The van der Waals surface area contributed by atoms with Crippen LogP contribution in [0.4, 0.5) is 4.79 Å². The molecule has 1 atom stereocenters. The monoisotopic (exact) mass is 300 g/mol. The van der Waals surface area contributed by atoms with Gasteiger partial charge in [0.15, 0.2) is 0 Å². The van der Waals surface area contributed by atoms with Crippen LogP contribution in [0.2, 0.25) is 5.02 Å². The van der Waals surface area contributed by atoms with Crippen molar-refractivity contribution in [1.82, 2.24) is 5.32 Å². The van der Waals surface area contributed by atoms with E-state index in [1.807, 2.05) is 0 Å². The first-order chi connectivity index (χ1) is 9.54. The summed E-state index contributed by atoms with van der Waals surface area (Å²) in [6.45, 7) is 0.342. The van der Waals surface area contributed by atoms with Crippen molar-refractivity contribution in [2.45, 2.75) is 25.5 Å². The molecule has 1 aromatic rings. The van der Waals surface area contributed by atoms with E-state index in [4.69, 9.17) is 27.2 Å². The SMILES string of the molecule is NCCCC(NC(=O)OCc1ccccc1Cl)C(=O)O. The molecule has 0 saturated carbocycles. The summed E-state index contributed by atoms with van der Waals surface area (Å²) in [5.41, 5.74) is 5.96. The second-order valence-corrected chi connectivity index (χ2v) is 4.54. The van der Waals surface area contributed by atoms with Gasteiger partial charge in [0.05, 0.1) is 0 Å². The van der Waals surface area contributed by atoms with Gasteiger partial charge in [0.2, 0.25) is 0 Å². The number of hydrogen-bond acceptors (Lipinski definition) is 4. The van der Waals surface area contributed by atoms with E-state index in [2.05, 4.69) is 5.32 Å². The summed E-state index contributed by atoms with van der Waals surface area (Å²) in [6, 6.07) is 5.93. The van der Waals surface area contributed by atoms with E-state index < -0.39 is 18.1 Å². The first-order valence-corrected chi connectivity index (χ1v) is 6.52. The number of hydrogen-bond donors (Lipinski definition) is 3. The molecule has 1 unspecified atom stereocenters. The van der Waals surface area contributed by atoms with Crippen molar-refractivity contribution in [2.24, 2.45) is 5.73 Å². The lowest BCUT2D eigenvalue weighted by molar-refractivity contribution is -0.139. The van der Waals surface area contributed by atoms with Crippen LogP contribution in [0.5, 0.6) is 0 Å². The van der Waals surface area contributed by atoms with Crippen molar-refractivity contribution in [3.05, 3.63) is 34.9 Å². The molecule has 0 saturated heterocycles. The third-order valence-electron chi connectivity index (χ3n) is 2.60. The molecular formula is C13H17ClN2O4. The Labute approximate surface area is 121 Å². The minimum absolute atomic E-state index is 0.0191. The number of halogens is 1. The molecule has 0 bridgehead atoms. The van der Waals surface area contributed by atoms with Gasteiger partial charge in [-0.15, -0.1) is 0 Å². The van der Waals surface area contributed by atoms with Crippen molar-refractivity contribution >= 4 is 23.7 Å². The van der Waals surface area contributed by atoms with Gasteiger partial charge in [0.1, 0.15) is 12.6 Å². The Morgan fingerprint density at radius 3 is 2.70 bits per heavy atom. The number of nitrogens with one attached hydrogen (secondary N) is 1. The number of carbonyl (C=O) groups is 2. The zero-order valence-corrected chi connectivity index (χ0v) is 11.6. The average molecular weight is 301 g/mol. The van der Waals surface area contributed by atoms with Gasteiger partial charge < -0.3 is 20.9 Å². The van der Waals surface area contributed by atoms with Crippen molar-refractivity contribution in [1.29, 1.82) is 0 Å². The Hall–Kier alpha value is -1.79. The summed E-state index contributed by atoms with van der Waals surface area (Å²) >= 11 is 5.91. The van der Waals surface area contributed by atoms with Gasteiger partial charge in [0, 0.05) is 10.6 Å². The zero-order chi connectivity index (χ0) is 15.0. The number of carboxylic acid groups (broad SMARTS) is 1. The molecule has 4 N–H and O–H groups in total. The number of rotatable bonds is 7. The molecule has 0 aliphatic heterocycles. The van der Waals surface area contributed by atoms with Crippen molar-refractivity contribution in [2.75, 3.05) is 6.54 Å². The maximum atomic E-state index is 11.5. The van der Waals surface area contributed by atoms with E-state index >= 15 is 0 Å². The van der Waals surface area contributed by atoms with Crippen LogP contribution in [-0.2, 0) is 16.1 Å². The maximum Gasteiger partial charge on any atom is 0.408 e. The molecule has 0 aliphatic rings. The molecule has 7 heteroatoms. The van der Waals surface area contributed by atoms with E-state index in [1.54, 1.807) is 24.3 Å². The smallest absolute Gasteiger partial charge is 0.408 e. The molecule has 6 nitrogen and oxygen atoms in total. The first-order valence-electron chi connectivity index (χ1n) is 6.14. The Balaban J connectivity index is 2.46. The van der Waals surface area contributed by atoms with Crippen LogP contribution in [0.15, 0.2) is 24.3 Å². The van der Waals surface area contributed by atoms with Crippen molar-refractivity contribution in [3.8, 4) is 0 Å². The molecular weight excluding hydrogens is 284 g/mol. The summed E-state index contributed by atoms with van der Waals surface area (Å²) in [5, 5.41) is 11.7. The standard InChI is InChI=1S/C13H17ClN2O4/c14-10-5-2-1-4-9(10)8-20-13(19)16-11(12(17)18)6-3-7-15/h1-2,4-5,11H,3,6-8,15H2,(H,16,19)(H,17,18). The van der Waals surface area contributed by atoms with Crippen LogP contribution in [0.1, 0.15) is 18.4 Å². The van der Waals surface area contributed by atoms with Gasteiger partial charge in [-0.3, -0.25) is 0 Å². The minimum atomic E-state index is -1.12. The van der Waals surface area contributed by atoms with E-state index in [-0.39, 0.29) is 13.0 Å². The lowest BCUT2D eigenvalue weighted by atomic mass is 10.1. The molecule has 0 radical (unpaired) electrons. The topological polar surface area (TPSA) is 102 Å². The van der Waals surface area contributed by atoms with Crippen LogP contribution in [0, 0.1) is 0 Å².